The number of hydrogen-bond donors (Lipinski definition) is 5. The number of aromatic carboxylic acids is 1. The molecule has 0 unspecified atom stereocenters. The van der Waals surface area contributed by atoms with Crippen molar-refractivity contribution >= 4 is 55.4 Å². The van der Waals surface area contributed by atoms with Crippen molar-refractivity contribution in [3.05, 3.63) is 144 Å². The number of benzene rings is 3. The van der Waals surface area contributed by atoms with Crippen molar-refractivity contribution in [1.29, 1.82) is 0 Å². The second kappa shape index (κ2) is 33.8. The average Bonchev–Trinajstić information content (AvgIpc) is 3.37. The van der Waals surface area contributed by atoms with Crippen LogP contribution >= 0.6 is 0 Å². The third kappa shape index (κ3) is 19.8. The summed E-state index contributed by atoms with van der Waals surface area (Å²) in [6.45, 7) is 15.1. The molecular formula is C49H64BN12O7. The molecule has 3 radical (unpaired) electrons. The van der Waals surface area contributed by atoms with Gasteiger partial charge in [-0.05, 0) is 6.92 Å². The SMILES string of the molecule is C.CC.CC.CC.CC(=O)c1nc(-c2ccccc2)cnc1N.COC(=O)c1nc(-c2ccccc2)cnc1N.COC(=O)c1nc(C)cnc1N.Nc1ncc(-c2ccccc2)nc1C(=O)O.[2HH].[B]. The maximum atomic E-state index is 11.4. The normalized spacial score (nSPS) is 9.01. The lowest BCUT2D eigenvalue weighted by atomic mass is 10.1. The maximum absolute atomic E-state index is 11.4. The van der Waals surface area contributed by atoms with Gasteiger partial charge in [-0.3, -0.25) is 4.79 Å². The third-order valence-electron chi connectivity index (χ3n) is 7.83. The molecule has 0 saturated carbocycles. The van der Waals surface area contributed by atoms with Crippen LogP contribution in [-0.2, 0) is 9.47 Å². The Morgan fingerprint density at radius 2 is 0.754 bits per heavy atom. The van der Waals surface area contributed by atoms with Crippen molar-refractivity contribution in [1.82, 2.24) is 39.9 Å². The van der Waals surface area contributed by atoms with E-state index in [4.69, 9.17) is 28.0 Å². The Balaban J connectivity index is -0.000000818. The number of methoxy groups -OCH3 is 2. The molecule has 0 fully saturated rings. The van der Waals surface area contributed by atoms with E-state index in [0.717, 1.165) is 16.7 Å². The molecule has 20 heteroatoms. The summed E-state index contributed by atoms with van der Waals surface area (Å²) in [5, 5.41) is 8.85. The molecule has 19 nitrogen and oxygen atoms in total. The van der Waals surface area contributed by atoms with Gasteiger partial charge < -0.3 is 37.5 Å². The maximum Gasteiger partial charge on any atom is 0.360 e. The first-order chi connectivity index (χ1) is 32.2. The van der Waals surface area contributed by atoms with E-state index in [-0.39, 0.29) is 69.1 Å². The number of ketones is 1. The lowest BCUT2D eigenvalue weighted by Crippen LogP contribution is -2.10. The molecular weight excluding hydrogens is 879 g/mol. The van der Waals surface area contributed by atoms with Crippen LogP contribution in [0.4, 0.5) is 23.3 Å². The average molecular weight is 945 g/mol. The van der Waals surface area contributed by atoms with Gasteiger partial charge in [0.1, 0.15) is 5.69 Å². The first-order valence-electron chi connectivity index (χ1n) is 20.8. The molecule has 365 valence electrons. The van der Waals surface area contributed by atoms with Gasteiger partial charge in [0.2, 0.25) is 0 Å². The van der Waals surface area contributed by atoms with Gasteiger partial charge in [0.05, 0.1) is 61.8 Å². The number of nitrogens with two attached hydrogens (primary N) is 4. The quantitative estimate of drug-likeness (QED) is 0.0567. The highest BCUT2D eigenvalue weighted by Crippen LogP contribution is 2.20. The highest BCUT2D eigenvalue weighted by atomic mass is 16.5. The number of aryl methyl sites for hydroxylation is 1. The Bertz CT molecular complexity index is 2540. The van der Waals surface area contributed by atoms with Crippen LogP contribution in [0.3, 0.4) is 0 Å². The summed E-state index contributed by atoms with van der Waals surface area (Å²) >= 11 is 0. The van der Waals surface area contributed by atoms with Gasteiger partial charge in [0.25, 0.3) is 0 Å². The Labute approximate surface area is 407 Å². The Morgan fingerprint density at radius 3 is 1.07 bits per heavy atom. The van der Waals surface area contributed by atoms with E-state index in [9.17, 15) is 19.2 Å². The minimum absolute atomic E-state index is 0. The largest absolute Gasteiger partial charge is 0.476 e. The number of carbonyl (C=O) groups is 4. The topological polar surface area (TPSA) is 314 Å². The van der Waals surface area contributed by atoms with Crippen LogP contribution in [0.15, 0.2) is 116 Å². The van der Waals surface area contributed by atoms with E-state index in [1.807, 2.05) is 133 Å². The number of carbonyl (C=O) groups excluding carboxylic acids is 3. The number of ether oxygens (including phenoxy) is 2. The second-order valence-electron chi connectivity index (χ2n) is 12.2. The molecule has 3 aromatic carbocycles. The fourth-order valence-electron chi connectivity index (χ4n) is 4.84. The number of aromatic nitrogens is 8. The van der Waals surface area contributed by atoms with E-state index < -0.39 is 17.9 Å². The Hall–Kier alpha value is -8.68. The first-order valence-corrected chi connectivity index (χ1v) is 20.8. The zero-order chi connectivity index (χ0) is 50.5. The van der Waals surface area contributed by atoms with Crippen molar-refractivity contribution in [2.45, 2.75) is 62.8 Å². The van der Waals surface area contributed by atoms with E-state index in [0.29, 0.717) is 22.8 Å². The summed E-state index contributed by atoms with van der Waals surface area (Å²) in [5.41, 5.74) is 27.0. The predicted molar refractivity (Wildman–Crippen MR) is 275 cm³/mol. The Morgan fingerprint density at radius 1 is 0.478 bits per heavy atom. The van der Waals surface area contributed by atoms with Crippen LogP contribution in [-0.4, -0.2) is 91.3 Å². The van der Waals surface area contributed by atoms with Gasteiger partial charge in [-0.1, -0.05) is 140 Å². The fraction of sp³-hybridized carbons (Fsp3) is 0.224. The van der Waals surface area contributed by atoms with E-state index >= 15 is 0 Å². The molecule has 7 rings (SSSR count). The number of Topliss-reactive ketones (excluding diaryl/α,β-unsaturated/α-hetero) is 1. The van der Waals surface area contributed by atoms with Gasteiger partial charge in [0.15, 0.2) is 46.1 Å². The second-order valence-corrected chi connectivity index (χ2v) is 12.2. The van der Waals surface area contributed by atoms with Crippen LogP contribution < -0.4 is 22.9 Å². The van der Waals surface area contributed by atoms with E-state index in [1.165, 1.54) is 39.7 Å². The van der Waals surface area contributed by atoms with E-state index in [2.05, 4.69) is 49.3 Å². The highest BCUT2D eigenvalue weighted by molar-refractivity contribution is 5.96. The molecule has 0 saturated heterocycles. The van der Waals surface area contributed by atoms with E-state index in [1.54, 1.807) is 13.1 Å². The van der Waals surface area contributed by atoms with Gasteiger partial charge >= 0.3 is 17.9 Å². The highest BCUT2D eigenvalue weighted by Gasteiger charge is 2.16. The lowest BCUT2D eigenvalue weighted by Gasteiger charge is -2.05. The van der Waals surface area contributed by atoms with Crippen molar-refractivity contribution in [3.63, 3.8) is 0 Å². The van der Waals surface area contributed by atoms with Crippen LogP contribution in [0.2, 0.25) is 0 Å². The molecule has 9 N–H and O–H groups in total. The minimum atomic E-state index is -1.18. The predicted octanol–water partition coefficient (Wildman–Crippen LogP) is 8.60. The fourth-order valence-corrected chi connectivity index (χ4v) is 4.84. The standard InChI is InChI=1S/C12H11N3O2.C12H11N3O.C11H9N3O2.C7H9N3O2.3C2H6.CH4.B.H2/c1-17-12(16)10-11(13)14-7-9(15-10)8-5-3-2-4-6-8;1-8(16)11-12(13)14-7-10(15-11)9-5-3-2-4-6-9;12-10-9(11(15)16)14-8(6-13-10)7-4-2-1-3-5-7;1-4-3-9-6(8)5(10-4)7(11)12-2;3*1-2;;;/h2-7H,1H3,(H2,13,14);2-7H,1H3,(H2,13,14);1-6H,(H2,12,13)(H,15,16);3H,1-2H3,(H2,8,9);3*1-2H3;1H4;;1H/i;;;;;;;;;1+1. The number of rotatable bonds is 7. The molecule has 0 bridgehead atoms. The van der Waals surface area contributed by atoms with Crippen LogP contribution in [0.5, 0.6) is 0 Å². The molecule has 0 amide bonds. The molecule has 0 aliphatic heterocycles. The monoisotopic (exact) mass is 945 g/mol. The molecule has 0 atom stereocenters. The van der Waals surface area contributed by atoms with Crippen LogP contribution in [0, 0.1) is 6.92 Å². The number of esters is 2. The zero-order valence-electron chi connectivity index (χ0n) is 39.8. The smallest absolute Gasteiger partial charge is 0.360 e. The lowest BCUT2D eigenvalue weighted by molar-refractivity contribution is 0.0586. The number of nitrogens with zero attached hydrogens (tertiary/aromatic N) is 8. The summed E-state index contributed by atoms with van der Waals surface area (Å²) in [6, 6.07) is 28.1. The third-order valence-corrected chi connectivity index (χ3v) is 7.83. The van der Waals surface area contributed by atoms with Crippen molar-refractivity contribution in [2.24, 2.45) is 0 Å². The summed E-state index contributed by atoms with van der Waals surface area (Å²) in [6.07, 6.45) is 6.03. The van der Waals surface area contributed by atoms with Crippen molar-refractivity contribution < 1.29 is 35.2 Å². The number of nitrogen functional groups attached to an aromatic ring is 4. The first kappa shape index (κ1) is 62.4. The summed E-state index contributed by atoms with van der Waals surface area (Å²) in [7, 11) is 2.55. The minimum Gasteiger partial charge on any atom is -0.476 e. The van der Waals surface area contributed by atoms with Gasteiger partial charge in [-0.2, -0.15) is 0 Å². The van der Waals surface area contributed by atoms with Crippen LogP contribution in [0.25, 0.3) is 33.8 Å². The summed E-state index contributed by atoms with van der Waals surface area (Å²) in [5.74, 6) is -2.26. The molecule has 4 aromatic heterocycles. The molecule has 4 heterocycles. The van der Waals surface area contributed by atoms with Crippen LogP contribution in [0.1, 0.15) is 105 Å². The number of anilines is 4. The van der Waals surface area contributed by atoms with Crippen molar-refractivity contribution in [3.8, 4) is 33.8 Å². The molecule has 7 aromatic rings. The molecule has 0 aliphatic rings. The molecule has 0 aliphatic carbocycles. The zero-order valence-corrected chi connectivity index (χ0v) is 39.8. The number of carboxylic acid groups (broad SMARTS) is 1. The number of hydrogen-bond acceptors (Lipinski definition) is 18. The van der Waals surface area contributed by atoms with Gasteiger partial charge in [0, 0.05) is 33.5 Å². The summed E-state index contributed by atoms with van der Waals surface area (Å²) in [4.78, 5) is 76.2. The summed E-state index contributed by atoms with van der Waals surface area (Å²) < 4.78 is 9.04. The molecule has 69 heavy (non-hydrogen) atoms. The van der Waals surface area contributed by atoms with Gasteiger partial charge in [-0.15, -0.1) is 0 Å². The number of carboxylic acids is 1. The molecule has 0 spiro atoms. The Kier molecular flexibility index (Phi) is 30.5. The van der Waals surface area contributed by atoms with Crippen molar-refractivity contribution in [2.75, 3.05) is 37.2 Å². The van der Waals surface area contributed by atoms with Gasteiger partial charge in [-0.25, -0.2) is 54.3 Å².